The molecule has 0 saturated heterocycles. The van der Waals surface area contributed by atoms with E-state index >= 15 is 0 Å². The number of benzene rings is 1. The van der Waals surface area contributed by atoms with Gasteiger partial charge in [0.05, 0.1) is 0 Å². The average molecular weight is 241 g/mol. The van der Waals surface area contributed by atoms with Gasteiger partial charge in [0, 0.05) is 5.33 Å². The summed E-state index contributed by atoms with van der Waals surface area (Å²) in [6, 6.07) is 6.78. The van der Waals surface area contributed by atoms with Crippen LogP contribution in [0.25, 0.3) is 0 Å². The van der Waals surface area contributed by atoms with Crippen LogP contribution in [0.15, 0.2) is 18.2 Å². The normalized spacial score (nSPS) is 10.4. The summed E-state index contributed by atoms with van der Waals surface area (Å²) in [6.45, 7) is 4.35. The van der Waals surface area contributed by atoms with Crippen LogP contribution in [0.5, 0.6) is 0 Å². The molecule has 1 heteroatoms. The van der Waals surface area contributed by atoms with Crippen molar-refractivity contribution in [1.82, 2.24) is 0 Å². The van der Waals surface area contributed by atoms with E-state index in [-0.39, 0.29) is 0 Å². The molecule has 1 aromatic carbocycles. The van der Waals surface area contributed by atoms with Crippen molar-refractivity contribution in [3.8, 4) is 0 Å². The highest BCUT2D eigenvalue weighted by Crippen LogP contribution is 2.12. The van der Waals surface area contributed by atoms with Gasteiger partial charge in [-0.1, -0.05) is 34.1 Å². The lowest BCUT2D eigenvalue weighted by Gasteiger charge is -2.04. The average Bonchev–Trinajstić information content (AvgIpc) is 2.12. The van der Waals surface area contributed by atoms with E-state index in [4.69, 9.17) is 0 Å². The highest BCUT2D eigenvalue weighted by molar-refractivity contribution is 9.09. The van der Waals surface area contributed by atoms with Crippen LogP contribution in [0.2, 0.25) is 0 Å². The van der Waals surface area contributed by atoms with Crippen LogP contribution in [-0.4, -0.2) is 5.33 Å². The Balaban J connectivity index is 2.53. The molecular formula is C12H17Br. The van der Waals surface area contributed by atoms with Gasteiger partial charge in [0.2, 0.25) is 0 Å². The number of hydrogen-bond acceptors (Lipinski definition) is 0. The fourth-order valence-electron chi connectivity index (χ4n) is 1.38. The zero-order chi connectivity index (χ0) is 9.68. The Bertz CT molecular complexity index is 266. The third-order valence-corrected chi connectivity index (χ3v) is 2.98. The molecular weight excluding hydrogens is 224 g/mol. The van der Waals surface area contributed by atoms with Crippen LogP contribution >= 0.6 is 15.9 Å². The molecule has 0 nitrogen and oxygen atoms in total. The van der Waals surface area contributed by atoms with Gasteiger partial charge in [-0.15, -0.1) is 0 Å². The molecule has 13 heavy (non-hydrogen) atoms. The van der Waals surface area contributed by atoms with Crippen molar-refractivity contribution in [2.45, 2.75) is 33.1 Å². The lowest BCUT2D eigenvalue weighted by Crippen LogP contribution is -1.89. The van der Waals surface area contributed by atoms with Gasteiger partial charge < -0.3 is 0 Å². The van der Waals surface area contributed by atoms with Crippen molar-refractivity contribution < 1.29 is 0 Å². The predicted octanol–water partition coefficient (Wildman–Crippen LogP) is 4.02. The van der Waals surface area contributed by atoms with Crippen LogP contribution in [0.4, 0.5) is 0 Å². The third-order valence-electron chi connectivity index (χ3n) is 2.42. The first kappa shape index (κ1) is 10.8. The standard InChI is InChI=1S/C12H17Br/c1-10-6-7-12(9-11(10)2)5-3-4-8-13/h6-7,9H,3-5,8H2,1-2H3. The molecule has 0 spiro atoms. The Hall–Kier alpha value is -0.300. The number of alkyl halides is 1. The Morgan fingerprint density at radius 1 is 1.08 bits per heavy atom. The largest absolute Gasteiger partial charge is 0.0928 e. The maximum Gasteiger partial charge on any atom is 0.00314 e. The fourth-order valence-corrected chi connectivity index (χ4v) is 1.78. The van der Waals surface area contributed by atoms with Crippen LogP contribution in [0.1, 0.15) is 29.5 Å². The highest BCUT2D eigenvalue weighted by Gasteiger charge is 1.95. The molecule has 0 amide bonds. The second-order valence-corrected chi connectivity index (χ2v) is 4.36. The van der Waals surface area contributed by atoms with E-state index in [1.807, 2.05) is 0 Å². The smallest absolute Gasteiger partial charge is 0.00314 e. The zero-order valence-electron chi connectivity index (χ0n) is 8.44. The number of rotatable bonds is 4. The summed E-state index contributed by atoms with van der Waals surface area (Å²) in [7, 11) is 0. The third kappa shape index (κ3) is 3.51. The SMILES string of the molecule is Cc1ccc(CCCCBr)cc1C. The summed E-state index contributed by atoms with van der Waals surface area (Å²) in [5.74, 6) is 0. The Morgan fingerprint density at radius 2 is 1.85 bits per heavy atom. The molecule has 0 fully saturated rings. The Morgan fingerprint density at radius 3 is 2.46 bits per heavy atom. The quantitative estimate of drug-likeness (QED) is 0.551. The van der Waals surface area contributed by atoms with E-state index in [2.05, 4.69) is 48.0 Å². The Kier molecular flexibility index (Phi) is 4.51. The molecule has 0 atom stereocenters. The minimum atomic E-state index is 1.12. The molecule has 0 heterocycles. The highest BCUT2D eigenvalue weighted by atomic mass is 79.9. The summed E-state index contributed by atoms with van der Waals surface area (Å²) >= 11 is 3.45. The number of halogens is 1. The summed E-state index contributed by atoms with van der Waals surface area (Å²) in [4.78, 5) is 0. The van der Waals surface area contributed by atoms with Crippen molar-refractivity contribution in [2.24, 2.45) is 0 Å². The first-order valence-corrected chi connectivity index (χ1v) is 5.98. The van der Waals surface area contributed by atoms with Crippen LogP contribution in [-0.2, 0) is 6.42 Å². The molecule has 0 bridgehead atoms. The molecule has 0 aliphatic carbocycles. The summed E-state index contributed by atoms with van der Waals surface area (Å²) in [5, 5.41) is 1.12. The van der Waals surface area contributed by atoms with Crippen molar-refractivity contribution >= 4 is 15.9 Å². The lowest BCUT2D eigenvalue weighted by atomic mass is 10.0. The Labute approximate surface area is 89.5 Å². The first-order chi connectivity index (χ1) is 6.24. The van der Waals surface area contributed by atoms with Gasteiger partial charge in [-0.3, -0.25) is 0 Å². The second kappa shape index (κ2) is 5.43. The van der Waals surface area contributed by atoms with Crippen molar-refractivity contribution in [2.75, 3.05) is 5.33 Å². The van der Waals surface area contributed by atoms with Gasteiger partial charge in [-0.2, -0.15) is 0 Å². The maximum absolute atomic E-state index is 3.45. The van der Waals surface area contributed by atoms with Gasteiger partial charge in [-0.25, -0.2) is 0 Å². The van der Waals surface area contributed by atoms with Crippen LogP contribution in [0, 0.1) is 13.8 Å². The molecule has 1 rings (SSSR count). The van der Waals surface area contributed by atoms with Crippen LogP contribution in [0.3, 0.4) is 0 Å². The number of aryl methyl sites for hydroxylation is 3. The monoisotopic (exact) mass is 240 g/mol. The van der Waals surface area contributed by atoms with E-state index in [0.29, 0.717) is 0 Å². The van der Waals surface area contributed by atoms with E-state index < -0.39 is 0 Å². The summed E-state index contributed by atoms with van der Waals surface area (Å²) in [5.41, 5.74) is 4.28. The van der Waals surface area contributed by atoms with Crippen molar-refractivity contribution in [1.29, 1.82) is 0 Å². The molecule has 0 N–H and O–H groups in total. The predicted molar refractivity (Wildman–Crippen MR) is 62.6 cm³/mol. The summed E-state index contributed by atoms with van der Waals surface area (Å²) in [6.07, 6.45) is 3.77. The van der Waals surface area contributed by atoms with E-state index in [0.717, 1.165) is 5.33 Å². The lowest BCUT2D eigenvalue weighted by molar-refractivity contribution is 0.805. The van der Waals surface area contributed by atoms with Gasteiger partial charge in [0.1, 0.15) is 0 Å². The van der Waals surface area contributed by atoms with Gasteiger partial charge >= 0.3 is 0 Å². The van der Waals surface area contributed by atoms with Crippen molar-refractivity contribution in [3.63, 3.8) is 0 Å². The second-order valence-electron chi connectivity index (χ2n) is 3.56. The molecule has 72 valence electrons. The fraction of sp³-hybridized carbons (Fsp3) is 0.500. The minimum Gasteiger partial charge on any atom is -0.0928 e. The zero-order valence-corrected chi connectivity index (χ0v) is 10.0. The molecule has 0 radical (unpaired) electrons. The first-order valence-electron chi connectivity index (χ1n) is 4.86. The molecule has 0 aliphatic heterocycles. The minimum absolute atomic E-state index is 1.12. The van der Waals surface area contributed by atoms with Crippen LogP contribution < -0.4 is 0 Å². The van der Waals surface area contributed by atoms with Gasteiger partial charge in [0.15, 0.2) is 0 Å². The van der Waals surface area contributed by atoms with Gasteiger partial charge in [0.25, 0.3) is 0 Å². The molecule has 0 aliphatic rings. The van der Waals surface area contributed by atoms with Crippen molar-refractivity contribution in [3.05, 3.63) is 34.9 Å². The molecule has 0 aromatic heterocycles. The molecule has 1 aromatic rings. The van der Waals surface area contributed by atoms with E-state index in [1.165, 1.54) is 36.0 Å². The molecule has 0 saturated carbocycles. The maximum atomic E-state index is 3.45. The molecule has 0 unspecified atom stereocenters. The number of hydrogen-bond donors (Lipinski definition) is 0. The topological polar surface area (TPSA) is 0 Å². The van der Waals surface area contributed by atoms with E-state index in [9.17, 15) is 0 Å². The number of unbranched alkanes of at least 4 members (excludes halogenated alkanes) is 1. The van der Waals surface area contributed by atoms with E-state index in [1.54, 1.807) is 0 Å². The van der Waals surface area contributed by atoms with Gasteiger partial charge in [-0.05, 0) is 49.8 Å². The summed E-state index contributed by atoms with van der Waals surface area (Å²) < 4.78 is 0.